The third kappa shape index (κ3) is 3.06. The molecule has 3 rings (SSSR count). The Bertz CT molecular complexity index is 628. The highest BCUT2D eigenvalue weighted by Crippen LogP contribution is 2.24. The van der Waals surface area contributed by atoms with E-state index in [1.165, 1.54) is 0 Å². The largest absolute Gasteiger partial charge is 0.327 e. The summed E-state index contributed by atoms with van der Waals surface area (Å²) in [6.45, 7) is 4.90. The lowest BCUT2D eigenvalue weighted by molar-refractivity contribution is 0.146. The second-order valence-electron chi connectivity index (χ2n) is 6.00. The summed E-state index contributed by atoms with van der Waals surface area (Å²) in [6, 6.07) is 7.22. The Morgan fingerprint density at radius 1 is 1.43 bits per heavy atom. The predicted octanol–water partition coefficient (Wildman–Crippen LogP) is 2.93. The number of aromatic nitrogens is 1. The summed E-state index contributed by atoms with van der Waals surface area (Å²) in [5, 5.41) is 0.869. The van der Waals surface area contributed by atoms with Gasteiger partial charge in [0.2, 0.25) is 0 Å². The van der Waals surface area contributed by atoms with Crippen LogP contribution in [0.5, 0.6) is 0 Å². The monoisotopic (exact) mass is 287 g/mol. The van der Waals surface area contributed by atoms with Crippen LogP contribution in [0, 0.1) is 11.7 Å². The van der Waals surface area contributed by atoms with Gasteiger partial charge in [0.1, 0.15) is 5.82 Å². The van der Waals surface area contributed by atoms with Gasteiger partial charge in [-0.05, 0) is 42.6 Å². The third-order valence-electron chi connectivity index (χ3n) is 4.54. The van der Waals surface area contributed by atoms with Crippen LogP contribution in [0.3, 0.4) is 0 Å². The Hall–Kier alpha value is -1.52. The molecule has 0 aliphatic carbocycles. The topological polar surface area (TPSA) is 42.2 Å². The fraction of sp³-hybridized carbons (Fsp3) is 0.471. The first kappa shape index (κ1) is 14.4. The zero-order valence-corrected chi connectivity index (χ0v) is 12.4. The Balaban J connectivity index is 1.85. The third-order valence-corrected chi connectivity index (χ3v) is 4.54. The van der Waals surface area contributed by atoms with Gasteiger partial charge >= 0.3 is 0 Å². The molecule has 4 heteroatoms. The van der Waals surface area contributed by atoms with Crippen LogP contribution in [-0.4, -0.2) is 29.0 Å². The van der Waals surface area contributed by atoms with Gasteiger partial charge in [-0.1, -0.05) is 19.4 Å². The molecule has 1 fully saturated rings. The highest BCUT2D eigenvalue weighted by atomic mass is 19.1. The molecule has 2 atom stereocenters. The van der Waals surface area contributed by atoms with Gasteiger partial charge in [-0.15, -0.1) is 0 Å². The minimum absolute atomic E-state index is 0.189. The van der Waals surface area contributed by atoms with E-state index in [0.29, 0.717) is 12.0 Å². The molecule has 2 aromatic rings. The first-order valence-electron chi connectivity index (χ1n) is 7.68. The number of piperidine rings is 1. The molecule has 0 spiro atoms. The average Bonchev–Trinajstić information content (AvgIpc) is 2.49. The minimum atomic E-state index is -0.189. The van der Waals surface area contributed by atoms with Crippen LogP contribution in [0.25, 0.3) is 10.9 Å². The lowest BCUT2D eigenvalue weighted by Gasteiger charge is -2.36. The van der Waals surface area contributed by atoms with Crippen molar-refractivity contribution in [2.75, 3.05) is 13.1 Å². The maximum atomic E-state index is 13.8. The van der Waals surface area contributed by atoms with Crippen molar-refractivity contribution in [2.24, 2.45) is 11.7 Å². The molecule has 2 N–H and O–H groups in total. The maximum Gasteiger partial charge on any atom is 0.124 e. The van der Waals surface area contributed by atoms with E-state index < -0.39 is 0 Å². The summed E-state index contributed by atoms with van der Waals surface area (Å²) in [4.78, 5) is 6.80. The van der Waals surface area contributed by atoms with Crippen molar-refractivity contribution >= 4 is 10.9 Å². The van der Waals surface area contributed by atoms with Crippen molar-refractivity contribution in [3.05, 3.63) is 41.8 Å². The van der Waals surface area contributed by atoms with Crippen LogP contribution in [-0.2, 0) is 6.54 Å². The van der Waals surface area contributed by atoms with Gasteiger partial charge in [0.25, 0.3) is 0 Å². The molecule has 0 saturated carbocycles. The number of pyridine rings is 1. The highest BCUT2D eigenvalue weighted by molar-refractivity contribution is 5.81. The van der Waals surface area contributed by atoms with Gasteiger partial charge in [0.05, 0.1) is 5.52 Å². The van der Waals surface area contributed by atoms with Crippen LogP contribution in [0.4, 0.5) is 4.39 Å². The highest BCUT2D eigenvalue weighted by Gasteiger charge is 2.25. The number of nitrogens with two attached hydrogens (primary N) is 1. The predicted molar refractivity (Wildman–Crippen MR) is 83.4 cm³/mol. The molecule has 1 aliphatic rings. The summed E-state index contributed by atoms with van der Waals surface area (Å²) in [6.07, 6.45) is 3.88. The van der Waals surface area contributed by atoms with Gasteiger partial charge in [-0.2, -0.15) is 0 Å². The molecule has 112 valence electrons. The summed E-state index contributed by atoms with van der Waals surface area (Å²) in [5.74, 6) is 0.345. The van der Waals surface area contributed by atoms with E-state index in [2.05, 4.69) is 16.8 Å². The molecule has 0 radical (unpaired) electrons. The molecule has 1 aromatic carbocycles. The van der Waals surface area contributed by atoms with Crippen molar-refractivity contribution in [1.29, 1.82) is 0 Å². The molecule has 3 nitrogen and oxygen atoms in total. The standard InChI is InChI=1S/C17H22FN3/c1-2-12-10-21(7-5-16(12)19)11-14-9-15(18)8-13-4-3-6-20-17(13)14/h3-4,6,8-9,12,16H,2,5,7,10-11,19H2,1H3. The van der Waals surface area contributed by atoms with Crippen LogP contribution in [0.2, 0.25) is 0 Å². The molecule has 21 heavy (non-hydrogen) atoms. The molecular formula is C17H22FN3. The second kappa shape index (κ2) is 6.08. The van der Waals surface area contributed by atoms with Crippen molar-refractivity contribution in [3.8, 4) is 0 Å². The summed E-state index contributed by atoms with van der Waals surface area (Å²) in [5.41, 5.74) is 8.03. The first-order chi connectivity index (χ1) is 10.2. The SMILES string of the molecule is CCC1CN(Cc2cc(F)cc3cccnc23)CCC1N. The molecule has 0 bridgehead atoms. The second-order valence-corrected chi connectivity index (χ2v) is 6.00. The van der Waals surface area contributed by atoms with Crippen molar-refractivity contribution in [2.45, 2.75) is 32.4 Å². The molecule has 2 heterocycles. The van der Waals surface area contributed by atoms with Gasteiger partial charge in [0, 0.05) is 30.7 Å². The maximum absolute atomic E-state index is 13.8. The number of benzene rings is 1. The number of hydrogen-bond donors (Lipinski definition) is 1. The van der Waals surface area contributed by atoms with Gasteiger partial charge in [-0.3, -0.25) is 9.88 Å². The van der Waals surface area contributed by atoms with E-state index in [4.69, 9.17) is 5.73 Å². The van der Waals surface area contributed by atoms with Crippen LogP contribution < -0.4 is 5.73 Å². The van der Waals surface area contributed by atoms with E-state index in [0.717, 1.165) is 48.9 Å². The summed E-state index contributed by atoms with van der Waals surface area (Å²) >= 11 is 0. The summed E-state index contributed by atoms with van der Waals surface area (Å²) < 4.78 is 13.8. The number of fused-ring (bicyclic) bond motifs is 1. The Morgan fingerprint density at radius 3 is 3.10 bits per heavy atom. The van der Waals surface area contributed by atoms with Crippen molar-refractivity contribution < 1.29 is 4.39 Å². The number of nitrogens with zero attached hydrogens (tertiary/aromatic N) is 2. The smallest absolute Gasteiger partial charge is 0.124 e. The fourth-order valence-corrected chi connectivity index (χ4v) is 3.29. The molecule has 2 unspecified atom stereocenters. The zero-order valence-electron chi connectivity index (χ0n) is 12.4. The Kier molecular flexibility index (Phi) is 4.17. The Labute approximate surface area is 125 Å². The van der Waals surface area contributed by atoms with E-state index >= 15 is 0 Å². The quantitative estimate of drug-likeness (QED) is 0.943. The van der Waals surface area contributed by atoms with E-state index in [-0.39, 0.29) is 5.82 Å². The fourth-order valence-electron chi connectivity index (χ4n) is 3.29. The average molecular weight is 287 g/mol. The number of rotatable bonds is 3. The Morgan fingerprint density at radius 2 is 2.29 bits per heavy atom. The molecule has 0 amide bonds. The minimum Gasteiger partial charge on any atom is -0.327 e. The first-order valence-corrected chi connectivity index (χ1v) is 7.68. The van der Waals surface area contributed by atoms with Gasteiger partial charge in [-0.25, -0.2) is 4.39 Å². The van der Waals surface area contributed by atoms with E-state index in [1.54, 1.807) is 18.3 Å². The number of hydrogen-bond acceptors (Lipinski definition) is 3. The normalized spacial score (nSPS) is 23.6. The van der Waals surface area contributed by atoms with Crippen molar-refractivity contribution in [1.82, 2.24) is 9.88 Å². The number of halogens is 1. The van der Waals surface area contributed by atoms with Gasteiger partial charge < -0.3 is 5.73 Å². The van der Waals surface area contributed by atoms with E-state index in [9.17, 15) is 4.39 Å². The van der Waals surface area contributed by atoms with Crippen LogP contribution in [0.1, 0.15) is 25.3 Å². The lowest BCUT2D eigenvalue weighted by Crippen LogP contribution is -2.46. The molecular weight excluding hydrogens is 265 g/mol. The molecule has 1 aliphatic heterocycles. The molecule has 1 aromatic heterocycles. The number of likely N-dealkylation sites (tertiary alicyclic amines) is 1. The zero-order chi connectivity index (χ0) is 14.8. The summed E-state index contributed by atoms with van der Waals surface area (Å²) in [7, 11) is 0. The lowest BCUT2D eigenvalue weighted by atomic mass is 9.90. The van der Waals surface area contributed by atoms with E-state index in [1.807, 2.05) is 12.1 Å². The molecule has 1 saturated heterocycles. The van der Waals surface area contributed by atoms with Crippen LogP contribution >= 0.6 is 0 Å². The van der Waals surface area contributed by atoms with Crippen LogP contribution in [0.15, 0.2) is 30.5 Å². The van der Waals surface area contributed by atoms with Gasteiger partial charge in [0.15, 0.2) is 0 Å². The van der Waals surface area contributed by atoms with Crippen molar-refractivity contribution in [3.63, 3.8) is 0 Å².